The van der Waals surface area contributed by atoms with Gasteiger partial charge in [0.1, 0.15) is 0 Å². The Balaban J connectivity index is 0.00000121. The summed E-state index contributed by atoms with van der Waals surface area (Å²) in [5, 5.41) is 0. The summed E-state index contributed by atoms with van der Waals surface area (Å²) in [6.07, 6.45) is 5.54. The molecule has 0 N–H and O–H groups in total. The van der Waals surface area contributed by atoms with Crippen molar-refractivity contribution in [2.45, 2.75) is 38.4 Å². The fourth-order valence-corrected chi connectivity index (χ4v) is 1.19. The summed E-state index contributed by atoms with van der Waals surface area (Å²) in [5.74, 6) is 0. The van der Waals surface area contributed by atoms with Gasteiger partial charge in [0, 0.05) is 0 Å². The molecule has 0 saturated carbocycles. The number of ether oxygens (including phenoxy) is 2. The van der Waals surface area contributed by atoms with Crippen molar-refractivity contribution in [3.8, 4) is 0 Å². The van der Waals surface area contributed by atoms with Gasteiger partial charge in [0.2, 0.25) is 0 Å². The second-order valence-electron chi connectivity index (χ2n) is 2.87. The van der Waals surface area contributed by atoms with Crippen LogP contribution in [0.3, 0.4) is 0 Å². The number of hydrogen-bond acceptors (Lipinski definition) is 2. The Morgan fingerprint density at radius 2 is 1.83 bits per heavy atom. The first-order valence-electron chi connectivity index (χ1n) is 4.46. The van der Waals surface area contributed by atoms with Crippen molar-refractivity contribution >= 4 is 0 Å². The molecule has 0 atom stereocenters. The van der Waals surface area contributed by atoms with Gasteiger partial charge in [0.05, 0.1) is 13.2 Å². The first-order valence-corrected chi connectivity index (χ1v) is 4.46. The first kappa shape index (κ1) is 12.5. The third-order valence-corrected chi connectivity index (χ3v) is 1.84. The number of unbranched alkanes of at least 4 members (excludes halogenated alkanes) is 2. The molecule has 1 rings (SSSR count). The van der Waals surface area contributed by atoms with Crippen molar-refractivity contribution in [2.75, 3.05) is 13.2 Å². The van der Waals surface area contributed by atoms with Crippen molar-refractivity contribution in [1.82, 2.24) is 0 Å². The minimum atomic E-state index is 0. The molecule has 1 saturated heterocycles. The van der Waals surface area contributed by atoms with Crippen LogP contribution in [0.15, 0.2) is 0 Å². The molecule has 0 aromatic carbocycles. The maximum atomic E-state index is 5.38. The Labute approximate surface area is 87.2 Å². The molecule has 1 fully saturated rings. The Morgan fingerprint density at radius 1 is 1.17 bits per heavy atom. The quantitative estimate of drug-likeness (QED) is 0.306. The van der Waals surface area contributed by atoms with Crippen LogP contribution in [-0.4, -0.2) is 19.5 Å². The average molecular weight is 164 g/mol. The maximum absolute atomic E-state index is 5.38. The fraction of sp³-hybridized carbons (Fsp3) is 0.889. The van der Waals surface area contributed by atoms with E-state index in [4.69, 9.17) is 9.47 Å². The van der Waals surface area contributed by atoms with Crippen LogP contribution < -0.4 is 18.9 Å². The first-order chi connectivity index (χ1) is 5.43. The summed E-state index contributed by atoms with van der Waals surface area (Å²) in [6.45, 7) is 5.53. The van der Waals surface area contributed by atoms with Gasteiger partial charge >= 0.3 is 18.9 Å². The molecule has 66 valence electrons. The zero-order chi connectivity index (χ0) is 7.94. The van der Waals surface area contributed by atoms with Gasteiger partial charge in [-0.05, 0) is 12.8 Å². The molecule has 0 bridgehead atoms. The van der Waals surface area contributed by atoms with E-state index in [1.165, 1.54) is 12.8 Å². The van der Waals surface area contributed by atoms with Gasteiger partial charge in [-0.2, -0.15) is 6.42 Å². The molecule has 0 aliphatic carbocycles. The third-order valence-electron chi connectivity index (χ3n) is 1.84. The Hall–Kier alpha value is 0.517. The summed E-state index contributed by atoms with van der Waals surface area (Å²) in [4.78, 5) is 0. The molecule has 0 aromatic rings. The van der Waals surface area contributed by atoms with Gasteiger partial charge < -0.3 is 16.4 Å². The van der Waals surface area contributed by atoms with Crippen molar-refractivity contribution in [2.24, 2.45) is 0 Å². The van der Waals surface area contributed by atoms with E-state index in [9.17, 15) is 0 Å². The molecule has 0 radical (unpaired) electrons. The number of hydrogen-bond donors (Lipinski definition) is 0. The van der Waals surface area contributed by atoms with Crippen LogP contribution in [0, 0.1) is 6.92 Å². The molecule has 0 amide bonds. The van der Waals surface area contributed by atoms with E-state index in [0.717, 1.165) is 32.5 Å². The van der Waals surface area contributed by atoms with Gasteiger partial charge in [-0.15, -0.1) is 0 Å². The van der Waals surface area contributed by atoms with Crippen LogP contribution in [0.1, 0.15) is 32.1 Å². The molecular weight excluding hydrogens is 147 g/mol. The topological polar surface area (TPSA) is 18.5 Å². The van der Waals surface area contributed by atoms with Gasteiger partial charge in [-0.25, -0.2) is 0 Å². The van der Waals surface area contributed by atoms with E-state index in [2.05, 4.69) is 6.92 Å². The normalized spacial score (nSPS) is 18.8. The molecule has 12 heavy (non-hydrogen) atoms. The Kier molecular flexibility index (Phi) is 8.48. The zero-order valence-corrected chi connectivity index (χ0v) is 8.05. The van der Waals surface area contributed by atoms with Crippen LogP contribution in [0.2, 0.25) is 0 Å². The zero-order valence-electron chi connectivity index (χ0n) is 8.05. The maximum Gasteiger partial charge on any atom is 1.00 e. The van der Waals surface area contributed by atoms with Crippen LogP contribution in [0.4, 0.5) is 0 Å². The second kappa shape index (κ2) is 8.13. The molecule has 1 aliphatic heterocycles. The van der Waals surface area contributed by atoms with Gasteiger partial charge in [0.25, 0.3) is 0 Å². The van der Waals surface area contributed by atoms with Crippen molar-refractivity contribution in [1.29, 1.82) is 0 Å². The molecule has 2 nitrogen and oxygen atoms in total. The summed E-state index contributed by atoms with van der Waals surface area (Å²) in [6, 6.07) is 0. The second-order valence-corrected chi connectivity index (χ2v) is 2.87. The van der Waals surface area contributed by atoms with Crippen LogP contribution in [0.25, 0.3) is 0 Å². The Morgan fingerprint density at radius 3 is 2.42 bits per heavy atom. The molecule has 1 heterocycles. The van der Waals surface area contributed by atoms with Crippen LogP contribution >= 0.6 is 0 Å². The molecule has 0 aromatic heterocycles. The molecule has 1 aliphatic rings. The van der Waals surface area contributed by atoms with Gasteiger partial charge in [-0.3, -0.25) is 0 Å². The van der Waals surface area contributed by atoms with E-state index in [1.54, 1.807) is 0 Å². The molecule has 0 spiro atoms. The molecule has 3 heteroatoms. The summed E-state index contributed by atoms with van der Waals surface area (Å²) in [7, 11) is 0. The predicted molar refractivity (Wildman–Crippen MR) is 44.1 cm³/mol. The largest absolute Gasteiger partial charge is 1.00 e. The molecular formula is C9H17LiO2. The SMILES string of the molecule is [CH2-]CCCCC1OCCCO1.[Li+]. The minimum absolute atomic E-state index is 0. The monoisotopic (exact) mass is 164 g/mol. The summed E-state index contributed by atoms with van der Waals surface area (Å²) >= 11 is 0. The predicted octanol–water partition coefficient (Wildman–Crippen LogP) is -0.852. The minimum Gasteiger partial charge on any atom is -0.353 e. The molecule has 0 unspecified atom stereocenters. The van der Waals surface area contributed by atoms with E-state index in [1.807, 2.05) is 0 Å². The van der Waals surface area contributed by atoms with Gasteiger partial charge in [0.15, 0.2) is 6.29 Å². The Bertz CT molecular complexity index is 92.5. The fourth-order valence-electron chi connectivity index (χ4n) is 1.19. The number of rotatable bonds is 4. The van der Waals surface area contributed by atoms with Crippen LogP contribution in [0.5, 0.6) is 0 Å². The summed E-state index contributed by atoms with van der Waals surface area (Å²) in [5.41, 5.74) is 0. The van der Waals surface area contributed by atoms with Crippen molar-refractivity contribution in [3.63, 3.8) is 0 Å². The van der Waals surface area contributed by atoms with Crippen molar-refractivity contribution < 1.29 is 28.3 Å². The van der Waals surface area contributed by atoms with E-state index in [0.29, 0.717) is 0 Å². The van der Waals surface area contributed by atoms with Crippen LogP contribution in [-0.2, 0) is 9.47 Å². The summed E-state index contributed by atoms with van der Waals surface area (Å²) < 4.78 is 10.8. The van der Waals surface area contributed by atoms with Crippen molar-refractivity contribution in [3.05, 3.63) is 6.92 Å². The van der Waals surface area contributed by atoms with E-state index >= 15 is 0 Å². The third kappa shape index (κ3) is 5.21. The van der Waals surface area contributed by atoms with E-state index < -0.39 is 0 Å². The van der Waals surface area contributed by atoms with Gasteiger partial charge in [-0.1, -0.05) is 12.8 Å². The van der Waals surface area contributed by atoms with E-state index in [-0.39, 0.29) is 25.2 Å². The smallest absolute Gasteiger partial charge is 0.353 e. The average Bonchev–Trinajstić information content (AvgIpc) is 2.07. The standard InChI is InChI=1S/C9H17O2.Li/c1-2-3-4-6-9-10-7-5-8-11-9;/h9H,1-8H2;/q-1;+1.